The van der Waals surface area contributed by atoms with Gasteiger partial charge in [0.1, 0.15) is 5.69 Å². The van der Waals surface area contributed by atoms with Crippen LogP contribution in [0, 0.1) is 40.9 Å². The Hall–Kier alpha value is -1.59. The van der Waals surface area contributed by atoms with Crippen molar-refractivity contribution in [1.29, 1.82) is 0 Å². The lowest BCUT2D eigenvalue weighted by molar-refractivity contribution is -0.614. The highest BCUT2D eigenvalue weighted by molar-refractivity contribution is 5.91. The van der Waals surface area contributed by atoms with Crippen molar-refractivity contribution in [3.8, 4) is 0 Å². The Labute approximate surface area is 123 Å². The van der Waals surface area contributed by atoms with E-state index in [0.29, 0.717) is 41.2 Å². The first-order valence-electron chi connectivity index (χ1n) is 7.56. The molecule has 1 aromatic heterocycles. The van der Waals surface area contributed by atoms with Crippen LogP contribution in [0.2, 0.25) is 0 Å². The van der Waals surface area contributed by atoms with Crippen molar-refractivity contribution in [1.82, 2.24) is 4.98 Å². The van der Waals surface area contributed by atoms with Crippen LogP contribution in [-0.4, -0.2) is 18.1 Å². The number of hydrogen-bond donors (Lipinski definition) is 0. The third kappa shape index (κ3) is 0.698. The lowest BCUT2D eigenvalue weighted by Gasteiger charge is -3.10. The van der Waals surface area contributed by atoms with Gasteiger partial charge in [-0.15, -0.1) is 0 Å². The molecule has 6 heteroatoms. The van der Waals surface area contributed by atoms with Crippen LogP contribution >= 0.6 is 0 Å². The van der Waals surface area contributed by atoms with Gasteiger partial charge in [-0.1, -0.05) is 6.07 Å². The molecule has 6 aliphatic rings. The first-order valence-corrected chi connectivity index (χ1v) is 7.56. The number of carbonyl (C=O) groups is 1. The molecular weight excluding hydrogens is 295 g/mol. The fraction of sp³-hybridized carbons (Fsp3) is 0.625. The molecule has 1 heterocycles. The van der Waals surface area contributed by atoms with Crippen LogP contribution in [-0.2, 0) is 21.1 Å². The second kappa shape index (κ2) is 2.81. The van der Waals surface area contributed by atoms with Crippen molar-refractivity contribution in [2.24, 2.45) is 40.9 Å². The van der Waals surface area contributed by atoms with Gasteiger partial charge in [0, 0.05) is 11.1 Å². The summed E-state index contributed by atoms with van der Waals surface area (Å²) < 4.78 is 43.9. The molecular formula is C16H12F3NO2. The van der Waals surface area contributed by atoms with Crippen LogP contribution in [0.25, 0.3) is 0 Å². The van der Waals surface area contributed by atoms with E-state index in [1.807, 2.05) is 0 Å². The topological polar surface area (TPSA) is 39.2 Å². The number of esters is 1. The van der Waals surface area contributed by atoms with E-state index >= 15 is 0 Å². The van der Waals surface area contributed by atoms with E-state index in [-0.39, 0.29) is 5.97 Å². The average Bonchev–Trinajstić information content (AvgIpc) is 2.52. The summed E-state index contributed by atoms with van der Waals surface area (Å²) in [7, 11) is 1.37. The van der Waals surface area contributed by atoms with Crippen molar-refractivity contribution >= 4 is 5.97 Å². The third-order valence-electron chi connectivity index (χ3n) is 7.65. The van der Waals surface area contributed by atoms with Gasteiger partial charge in [-0.25, -0.2) is 4.98 Å². The third-order valence-corrected chi connectivity index (χ3v) is 7.65. The number of hydrogen-bond acceptors (Lipinski definition) is 3. The van der Waals surface area contributed by atoms with Gasteiger partial charge in [0.05, 0.1) is 12.5 Å². The number of alkyl halides is 3. The maximum Gasteiger partial charge on any atom is 0.433 e. The molecule has 0 spiro atoms. The zero-order chi connectivity index (χ0) is 15.2. The molecule has 6 fully saturated rings. The molecule has 0 aliphatic heterocycles. The number of carbonyl (C=O) groups excluding carboxylic acids is 1. The van der Waals surface area contributed by atoms with Gasteiger partial charge in [-0.2, -0.15) is 13.2 Å². The minimum atomic E-state index is -4.45. The standard InChI is InChI=1S/C16H12F3NO2/c1-22-13(21)15-11-8-7-9(11)14(15,10(7)12(8)15)5-3-2-4-6(20-5)16(17,18)19/h2-4,7-12H,1H3. The second-order valence-corrected chi connectivity index (χ2v) is 7.39. The van der Waals surface area contributed by atoms with Gasteiger partial charge >= 0.3 is 12.1 Å². The molecule has 7 rings (SSSR count). The molecule has 6 aliphatic carbocycles. The van der Waals surface area contributed by atoms with E-state index in [2.05, 4.69) is 4.98 Å². The molecule has 0 aromatic carbocycles. The van der Waals surface area contributed by atoms with E-state index in [1.54, 1.807) is 6.07 Å². The summed E-state index contributed by atoms with van der Waals surface area (Å²) in [4.78, 5) is 16.3. The largest absolute Gasteiger partial charge is 0.469 e. The Balaban J connectivity index is 1.50. The zero-order valence-electron chi connectivity index (χ0n) is 11.6. The van der Waals surface area contributed by atoms with E-state index in [9.17, 15) is 18.0 Å². The summed E-state index contributed by atoms with van der Waals surface area (Å²) in [6.07, 6.45) is -4.45. The van der Waals surface area contributed by atoms with Crippen LogP contribution in [0.4, 0.5) is 13.2 Å². The number of rotatable bonds is 2. The lowest BCUT2D eigenvalue weighted by Crippen LogP contribution is -3.13. The van der Waals surface area contributed by atoms with Crippen LogP contribution in [0.15, 0.2) is 18.2 Å². The minimum Gasteiger partial charge on any atom is -0.469 e. The van der Waals surface area contributed by atoms with Gasteiger partial charge in [0.25, 0.3) is 0 Å². The summed E-state index contributed by atoms with van der Waals surface area (Å²) in [5, 5.41) is 0. The van der Waals surface area contributed by atoms with Crippen molar-refractivity contribution < 1.29 is 22.7 Å². The molecule has 6 saturated carbocycles. The molecule has 0 amide bonds. The number of methoxy groups -OCH3 is 1. The molecule has 1 aromatic rings. The molecule has 0 bridgehead atoms. The molecule has 4 unspecified atom stereocenters. The van der Waals surface area contributed by atoms with Gasteiger partial charge in [0.15, 0.2) is 0 Å². The highest BCUT2D eigenvalue weighted by Crippen LogP contribution is 3.10. The van der Waals surface area contributed by atoms with Gasteiger partial charge in [-0.3, -0.25) is 4.79 Å². The average molecular weight is 307 g/mol. The zero-order valence-corrected chi connectivity index (χ0v) is 11.6. The number of ether oxygens (including phenoxy) is 1. The van der Waals surface area contributed by atoms with Gasteiger partial charge < -0.3 is 4.74 Å². The Morgan fingerprint density at radius 3 is 2.41 bits per heavy atom. The maximum absolute atomic E-state index is 13.0. The summed E-state index contributed by atoms with van der Waals surface area (Å²) >= 11 is 0. The quantitative estimate of drug-likeness (QED) is 0.787. The Bertz CT molecular complexity index is 753. The fourth-order valence-electron chi connectivity index (χ4n) is 7.52. The summed E-state index contributed by atoms with van der Waals surface area (Å²) in [5.74, 6) is 2.46. The molecule has 3 nitrogen and oxygen atoms in total. The van der Waals surface area contributed by atoms with Crippen LogP contribution in [0.1, 0.15) is 11.4 Å². The summed E-state index contributed by atoms with van der Waals surface area (Å²) in [6.45, 7) is 0. The van der Waals surface area contributed by atoms with E-state index in [1.165, 1.54) is 13.2 Å². The van der Waals surface area contributed by atoms with Crippen LogP contribution < -0.4 is 0 Å². The first-order chi connectivity index (χ1) is 10.4. The molecule has 0 saturated heterocycles. The molecule has 4 atom stereocenters. The molecule has 114 valence electrons. The maximum atomic E-state index is 13.0. The highest BCUT2D eigenvalue weighted by atomic mass is 19.4. The Morgan fingerprint density at radius 1 is 1.18 bits per heavy atom. The lowest BCUT2D eigenvalue weighted by atomic mass is 8.91. The van der Waals surface area contributed by atoms with Crippen molar-refractivity contribution in [2.75, 3.05) is 7.11 Å². The van der Waals surface area contributed by atoms with Crippen LogP contribution in [0.5, 0.6) is 0 Å². The smallest absolute Gasteiger partial charge is 0.433 e. The highest BCUT2D eigenvalue weighted by Gasteiger charge is 3.13. The van der Waals surface area contributed by atoms with Gasteiger partial charge in [0.2, 0.25) is 0 Å². The number of pyridine rings is 1. The predicted octanol–water partition coefficient (Wildman–Crippen LogP) is 2.26. The van der Waals surface area contributed by atoms with E-state index in [0.717, 1.165) is 6.07 Å². The fourth-order valence-corrected chi connectivity index (χ4v) is 7.52. The SMILES string of the molecule is COC(=O)C12C3C4C5C3C1(c1cccc(C(F)(F)F)n1)C5C42. The minimum absolute atomic E-state index is 0.233. The number of aromatic nitrogens is 1. The second-order valence-electron chi connectivity index (χ2n) is 7.39. The Kier molecular flexibility index (Phi) is 1.52. The van der Waals surface area contributed by atoms with Crippen molar-refractivity contribution in [3.05, 3.63) is 29.6 Å². The van der Waals surface area contributed by atoms with E-state index < -0.39 is 22.7 Å². The van der Waals surface area contributed by atoms with E-state index in [4.69, 9.17) is 4.74 Å². The number of halogens is 3. The normalized spacial score (nSPS) is 54.0. The predicted molar refractivity (Wildman–Crippen MR) is 66.3 cm³/mol. The summed E-state index contributed by atoms with van der Waals surface area (Å²) in [6, 6.07) is 4.08. The first kappa shape index (κ1) is 11.9. The molecule has 0 N–H and O–H groups in total. The Morgan fingerprint density at radius 2 is 1.82 bits per heavy atom. The van der Waals surface area contributed by atoms with Crippen LogP contribution in [0.3, 0.4) is 0 Å². The monoisotopic (exact) mass is 307 g/mol. The van der Waals surface area contributed by atoms with Crippen molar-refractivity contribution in [2.45, 2.75) is 11.6 Å². The van der Waals surface area contributed by atoms with Gasteiger partial charge in [-0.05, 0) is 47.6 Å². The van der Waals surface area contributed by atoms with Crippen molar-refractivity contribution in [3.63, 3.8) is 0 Å². The molecule has 0 radical (unpaired) electrons. The summed E-state index contributed by atoms with van der Waals surface area (Å²) in [5.41, 5.74) is -1.40. The number of nitrogens with zero attached hydrogens (tertiary/aromatic N) is 1. The molecule has 22 heavy (non-hydrogen) atoms.